The Morgan fingerprint density at radius 1 is 1.34 bits per heavy atom. The van der Waals surface area contributed by atoms with Gasteiger partial charge in [0.1, 0.15) is 5.82 Å². The van der Waals surface area contributed by atoms with Crippen LogP contribution < -0.4 is 11.1 Å². The van der Waals surface area contributed by atoms with Crippen LogP contribution in [0.1, 0.15) is 30.5 Å². The van der Waals surface area contributed by atoms with E-state index in [1.165, 1.54) is 24.1 Å². The highest BCUT2D eigenvalue weighted by Crippen LogP contribution is 2.43. The van der Waals surface area contributed by atoms with E-state index in [0.717, 1.165) is 0 Å². The normalized spacial score (nSPS) is 20.9. The maximum Gasteiger partial charge on any atom is 0.313 e. The molecule has 2 heterocycles. The first-order valence-corrected chi connectivity index (χ1v) is 9.43. The summed E-state index contributed by atoms with van der Waals surface area (Å²) in [5.74, 6) is -5.58. The van der Waals surface area contributed by atoms with Gasteiger partial charge in [-0.05, 0) is 36.2 Å². The number of benzene rings is 1. The number of aryl methyl sites for hydroxylation is 1. The average molecular weight is 423 g/mol. The van der Waals surface area contributed by atoms with Gasteiger partial charge in [0.25, 0.3) is 5.92 Å². The number of hydrogen-bond donors (Lipinski definition) is 2. The number of likely N-dealkylation sites (tertiary alicyclic amines) is 1. The molecule has 9 heteroatoms. The van der Waals surface area contributed by atoms with E-state index in [-0.39, 0.29) is 6.54 Å². The van der Waals surface area contributed by atoms with Crippen LogP contribution in [0.15, 0.2) is 36.5 Å². The second-order valence-electron chi connectivity index (χ2n) is 7.27. The number of nitrogens with zero attached hydrogens (tertiary/aromatic N) is 2. The zero-order valence-corrected chi connectivity index (χ0v) is 16.7. The minimum absolute atomic E-state index is 0.255. The van der Waals surface area contributed by atoms with Crippen LogP contribution in [0.25, 0.3) is 0 Å². The summed E-state index contributed by atoms with van der Waals surface area (Å²) in [6.45, 7) is 2.82. The molecule has 0 bridgehead atoms. The van der Waals surface area contributed by atoms with Crippen molar-refractivity contribution in [3.63, 3.8) is 0 Å². The molecule has 1 aliphatic heterocycles. The molecule has 1 fully saturated rings. The molecule has 1 aromatic carbocycles. The molecule has 0 saturated carbocycles. The molecule has 0 spiro atoms. The third-order valence-corrected chi connectivity index (χ3v) is 5.33. The molecule has 0 radical (unpaired) electrons. The van der Waals surface area contributed by atoms with Crippen LogP contribution in [-0.2, 0) is 9.59 Å². The minimum Gasteiger partial charge on any atom is -0.383 e. The van der Waals surface area contributed by atoms with E-state index in [1.807, 2.05) is 0 Å². The van der Waals surface area contributed by atoms with Gasteiger partial charge in [0.15, 0.2) is 0 Å². The van der Waals surface area contributed by atoms with Crippen LogP contribution in [0.4, 0.5) is 20.3 Å². The molecule has 2 amide bonds. The molecule has 1 aliphatic rings. The lowest BCUT2D eigenvalue weighted by molar-refractivity contribution is -0.159. The molecule has 154 valence electrons. The second-order valence-corrected chi connectivity index (χ2v) is 7.71. The fourth-order valence-electron chi connectivity index (χ4n) is 3.33. The number of rotatable bonds is 2. The highest BCUT2D eigenvalue weighted by atomic mass is 35.5. The van der Waals surface area contributed by atoms with Crippen molar-refractivity contribution < 1.29 is 18.4 Å². The van der Waals surface area contributed by atoms with Gasteiger partial charge >= 0.3 is 11.8 Å². The molecular formula is C20H21ClF2N4O2. The standard InChI is InChI=1S/C20H21ClF2N4O2/c1-11-6-15(9-25-17(11)24)26-18(28)19(29)27-10-12(2)20(22,23)8-16(27)13-4-3-5-14(21)7-13/h3-7,9,12,16H,8,10H2,1-2H3,(H2,24,25)(H,26,28)/t12-,16-/m1/s1. The van der Waals surface area contributed by atoms with Crippen molar-refractivity contribution in [1.82, 2.24) is 9.88 Å². The van der Waals surface area contributed by atoms with E-state index in [4.69, 9.17) is 17.3 Å². The zero-order chi connectivity index (χ0) is 21.3. The quantitative estimate of drug-likeness (QED) is 0.720. The van der Waals surface area contributed by atoms with Crippen molar-refractivity contribution in [2.45, 2.75) is 32.2 Å². The van der Waals surface area contributed by atoms with Gasteiger partial charge in [-0.15, -0.1) is 0 Å². The number of piperidine rings is 1. The Labute approximate surface area is 172 Å². The number of nitrogen functional groups attached to an aromatic ring is 1. The first kappa shape index (κ1) is 21.0. The van der Waals surface area contributed by atoms with Crippen LogP contribution >= 0.6 is 11.6 Å². The molecular weight excluding hydrogens is 402 g/mol. The number of anilines is 2. The maximum atomic E-state index is 14.4. The predicted octanol–water partition coefficient (Wildman–Crippen LogP) is 3.81. The van der Waals surface area contributed by atoms with Gasteiger partial charge in [-0.3, -0.25) is 9.59 Å². The summed E-state index contributed by atoms with van der Waals surface area (Å²) in [6.07, 6.45) is 0.741. The number of amides is 2. The predicted molar refractivity (Wildman–Crippen MR) is 107 cm³/mol. The first-order valence-electron chi connectivity index (χ1n) is 9.06. The lowest BCUT2D eigenvalue weighted by Gasteiger charge is -2.42. The summed E-state index contributed by atoms with van der Waals surface area (Å²) in [6, 6.07) is 7.00. The summed E-state index contributed by atoms with van der Waals surface area (Å²) < 4.78 is 28.8. The summed E-state index contributed by atoms with van der Waals surface area (Å²) in [7, 11) is 0. The molecule has 2 aromatic rings. The van der Waals surface area contributed by atoms with Crippen molar-refractivity contribution in [1.29, 1.82) is 0 Å². The summed E-state index contributed by atoms with van der Waals surface area (Å²) in [5.41, 5.74) is 7.04. The van der Waals surface area contributed by atoms with Gasteiger partial charge in [0.2, 0.25) is 0 Å². The number of carbonyl (C=O) groups is 2. The van der Waals surface area contributed by atoms with Crippen LogP contribution in [-0.4, -0.2) is 34.2 Å². The minimum atomic E-state index is -2.97. The van der Waals surface area contributed by atoms with E-state index >= 15 is 0 Å². The Balaban J connectivity index is 1.86. The molecule has 0 aliphatic carbocycles. The maximum absolute atomic E-state index is 14.4. The van der Waals surface area contributed by atoms with Crippen molar-refractivity contribution in [2.24, 2.45) is 5.92 Å². The number of pyridine rings is 1. The number of aromatic nitrogens is 1. The Hall–Kier alpha value is -2.74. The molecule has 3 rings (SSSR count). The van der Waals surface area contributed by atoms with Crippen molar-refractivity contribution >= 4 is 34.9 Å². The third-order valence-electron chi connectivity index (χ3n) is 5.10. The molecule has 0 unspecified atom stereocenters. The van der Waals surface area contributed by atoms with E-state index in [1.54, 1.807) is 31.2 Å². The molecule has 29 heavy (non-hydrogen) atoms. The number of hydrogen-bond acceptors (Lipinski definition) is 4. The highest BCUT2D eigenvalue weighted by Gasteiger charge is 2.48. The molecule has 1 saturated heterocycles. The van der Waals surface area contributed by atoms with Gasteiger partial charge in [0.05, 0.1) is 17.9 Å². The largest absolute Gasteiger partial charge is 0.383 e. The zero-order valence-electron chi connectivity index (χ0n) is 16.0. The molecule has 6 nitrogen and oxygen atoms in total. The SMILES string of the molecule is Cc1cc(NC(=O)C(=O)N2C[C@@H](C)C(F)(F)C[C@@H]2c2cccc(Cl)c2)cnc1N. The lowest BCUT2D eigenvalue weighted by atomic mass is 9.86. The van der Waals surface area contributed by atoms with Gasteiger partial charge in [-0.1, -0.05) is 30.7 Å². The van der Waals surface area contributed by atoms with Crippen LogP contribution in [0.5, 0.6) is 0 Å². The number of carbonyl (C=O) groups excluding carboxylic acids is 2. The Bertz CT molecular complexity index is 954. The van der Waals surface area contributed by atoms with Gasteiger partial charge in [-0.25, -0.2) is 13.8 Å². The van der Waals surface area contributed by atoms with E-state index in [0.29, 0.717) is 27.7 Å². The van der Waals surface area contributed by atoms with Crippen LogP contribution in [0, 0.1) is 12.8 Å². The topological polar surface area (TPSA) is 88.3 Å². The van der Waals surface area contributed by atoms with Crippen molar-refractivity contribution in [2.75, 3.05) is 17.6 Å². The van der Waals surface area contributed by atoms with Crippen molar-refractivity contribution in [3.8, 4) is 0 Å². The average Bonchev–Trinajstić information content (AvgIpc) is 2.66. The number of halogens is 3. The molecule has 2 atom stereocenters. The smallest absolute Gasteiger partial charge is 0.313 e. The Morgan fingerprint density at radius 2 is 2.07 bits per heavy atom. The van der Waals surface area contributed by atoms with E-state index in [9.17, 15) is 18.4 Å². The third kappa shape index (κ3) is 4.48. The summed E-state index contributed by atoms with van der Waals surface area (Å²) in [4.78, 5) is 30.5. The van der Waals surface area contributed by atoms with Gasteiger partial charge < -0.3 is 16.0 Å². The van der Waals surface area contributed by atoms with E-state index in [2.05, 4.69) is 10.3 Å². The van der Waals surface area contributed by atoms with Gasteiger partial charge in [0, 0.05) is 23.9 Å². The monoisotopic (exact) mass is 422 g/mol. The van der Waals surface area contributed by atoms with E-state index < -0.39 is 36.1 Å². The Morgan fingerprint density at radius 3 is 2.72 bits per heavy atom. The first-order chi connectivity index (χ1) is 13.6. The summed E-state index contributed by atoms with van der Waals surface area (Å²) >= 11 is 6.00. The number of alkyl halides is 2. The summed E-state index contributed by atoms with van der Waals surface area (Å²) in [5, 5.41) is 2.83. The fourth-order valence-corrected chi connectivity index (χ4v) is 3.53. The van der Waals surface area contributed by atoms with Gasteiger partial charge in [-0.2, -0.15) is 0 Å². The fraction of sp³-hybridized carbons (Fsp3) is 0.350. The van der Waals surface area contributed by atoms with Crippen LogP contribution in [0.2, 0.25) is 5.02 Å². The molecule has 1 aromatic heterocycles. The number of nitrogens with two attached hydrogens (primary N) is 1. The second kappa shape index (κ2) is 7.94. The number of nitrogens with one attached hydrogen (secondary N) is 1. The highest BCUT2D eigenvalue weighted by molar-refractivity contribution is 6.39. The Kier molecular flexibility index (Phi) is 5.75. The van der Waals surface area contributed by atoms with Crippen LogP contribution in [0.3, 0.4) is 0 Å². The molecule has 3 N–H and O–H groups in total. The van der Waals surface area contributed by atoms with Crippen molar-refractivity contribution in [3.05, 3.63) is 52.7 Å². The lowest BCUT2D eigenvalue weighted by Crippen LogP contribution is -2.52.